The molecule has 1 fully saturated rings. The van der Waals surface area contributed by atoms with Gasteiger partial charge in [0.05, 0.1) is 25.4 Å². The Morgan fingerprint density at radius 1 is 1.28 bits per heavy atom. The molecule has 0 spiro atoms. The summed E-state index contributed by atoms with van der Waals surface area (Å²) in [6.45, 7) is 4.66. The van der Waals surface area contributed by atoms with Gasteiger partial charge in [-0.2, -0.15) is 5.10 Å². The number of aromatic nitrogens is 3. The third-order valence-electron chi connectivity index (χ3n) is 6.11. The average molecular weight is 439 g/mol. The van der Waals surface area contributed by atoms with Crippen LogP contribution in [0.1, 0.15) is 43.4 Å². The number of benzene rings is 1. The van der Waals surface area contributed by atoms with E-state index in [4.69, 9.17) is 9.72 Å². The number of carbonyl (C=O) groups excluding carboxylic acids is 1. The molecule has 2 bridgehead atoms. The Hall–Kier alpha value is -3.36. The third-order valence-corrected chi connectivity index (χ3v) is 6.11. The van der Waals surface area contributed by atoms with Crippen molar-refractivity contribution in [1.82, 2.24) is 24.8 Å². The first-order valence-corrected chi connectivity index (χ1v) is 11.2. The van der Waals surface area contributed by atoms with Gasteiger partial charge in [-0.3, -0.25) is 0 Å². The molecule has 2 aliphatic heterocycles. The van der Waals surface area contributed by atoms with Gasteiger partial charge in [-0.05, 0) is 50.5 Å². The minimum Gasteiger partial charge on any atom is -0.493 e. The molecule has 1 atom stereocenters. The number of carbonyl (C=O) groups is 1. The fourth-order valence-electron chi connectivity index (χ4n) is 4.61. The van der Waals surface area contributed by atoms with Crippen molar-refractivity contribution in [3.05, 3.63) is 53.6 Å². The van der Waals surface area contributed by atoms with Crippen molar-refractivity contribution < 1.29 is 13.9 Å². The number of nitrogens with zero attached hydrogens (tertiary/aromatic N) is 5. The molecule has 0 saturated carbocycles. The summed E-state index contributed by atoms with van der Waals surface area (Å²) in [5.74, 6) is 1.24. The highest BCUT2D eigenvalue weighted by Gasteiger charge is 2.30. The van der Waals surface area contributed by atoms with Crippen LogP contribution in [-0.4, -0.2) is 51.8 Å². The molecule has 32 heavy (non-hydrogen) atoms. The molecule has 1 saturated heterocycles. The predicted octanol–water partition coefficient (Wildman–Crippen LogP) is 3.52. The Balaban J connectivity index is 1.59. The maximum absolute atomic E-state index is 14.2. The highest BCUT2D eigenvalue weighted by molar-refractivity contribution is 5.74. The molecule has 5 rings (SSSR count). The van der Waals surface area contributed by atoms with Crippen LogP contribution in [0.2, 0.25) is 0 Å². The number of amides is 2. The second-order valence-electron chi connectivity index (χ2n) is 8.22. The van der Waals surface area contributed by atoms with Crippen LogP contribution in [0, 0.1) is 5.82 Å². The number of halogens is 1. The van der Waals surface area contributed by atoms with Crippen LogP contribution in [0.25, 0.3) is 5.65 Å². The topological polar surface area (TPSA) is 75.0 Å². The van der Waals surface area contributed by atoms with E-state index in [0.29, 0.717) is 38.4 Å². The number of nitrogens with one attached hydrogen (secondary N) is 1. The van der Waals surface area contributed by atoms with Crippen molar-refractivity contribution in [3.8, 4) is 5.75 Å². The van der Waals surface area contributed by atoms with Crippen LogP contribution >= 0.6 is 0 Å². The fourth-order valence-corrected chi connectivity index (χ4v) is 4.61. The monoisotopic (exact) mass is 438 g/mol. The largest absolute Gasteiger partial charge is 0.493 e. The molecule has 1 N–H and O–H groups in total. The molecule has 3 aromatic rings. The van der Waals surface area contributed by atoms with Crippen LogP contribution < -0.4 is 15.0 Å². The molecule has 2 aliphatic rings. The molecule has 9 heteroatoms. The van der Waals surface area contributed by atoms with Gasteiger partial charge < -0.3 is 19.9 Å². The van der Waals surface area contributed by atoms with Gasteiger partial charge in [0.15, 0.2) is 5.65 Å². The number of hydrogen-bond donors (Lipinski definition) is 1. The predicted molar refractivity (Wildman–Crippen MR) is 118 cm³/mol. The van der Waals surface area contributed by atoms with Crippen LogP contribution in [0.3, 0.4) is 0 Å². The van der Waals surface area contributed by atoms with Crippen LogP contribution in [0.4, 0.5) is 15.0 Å². The van der Waals surface area contributed by atoms with Crippen molar-refractivity contribution >= 4 is 17.5 Å². The zero-order valence-electron chi connectivity index (χ0n) is 18.1. The number of anilines is 1. The van der Waals surface area contributed by atoms with Gasteiger partial charge in [-0.15, -0.1) is 0 Å². The lowest BCUT2D eigenvalue weighted by atomic mass is 10.0. The maximum Gasteiger partial charge on any atom is 0.317 e. The normalized spacial score (nSPS) is 18.8. The Bertz CT molecular complexity index is 1130. The second-order valence-corrected chi connectivity index (χ2v) is 8.22. The summed E-state index contributed by atoms with van der Waals surface area (Å²) in [4.78, 5) is 21.6. The summed E-state index contributed by atoms with van der Waals surface area (Å²) < 4.78 is 22.0. The summed E-state index contributed by atoms with van der Waals surface area (Å²) in [6.07, 6.45) is 6.21. The molecule has 4 heterocycles. The van der Waals surface area contributed by atoms with Crippen molar-refractivity contribution in [2.45, 2.75) is 38.8 Å². The molecule has 0 radical (unpaired) electrons. The first kappa shape index (κ1) is 20.5. The Morgan fingerprint density at radius 2 is 2.19 bits per heavy atom. The molecular weight excluding hydrogens is 411 g/mol. The Morgan fingerprint density at radius 3 is 3.06 bits per heavy atom. The standard InChI is InChI=1S/C23H27FN6O2/c1-2-25-23(31)28-9-4-12-32-20-7-6-17(24)13-18(20)19-5-3-10-29(19)21-8-11-30-22(27-21)16(15-28)14-26-30/h6-8,11,13-14,19H,2-5,9-10,12,15H2,1H3,(H,25,31). The van der Waals surface area contributed by atoms with Crippen molar-refractivity contribution in [2.75, 3.05) is 31.1 Å². The Labute approximate surface area is 186 Å². The van der Waals surface area contributed by atoms with Crippen molar-refractivity contribution in [2.24, 2.45) is 0 Å². The Kier molecular flexibility index (Phi) is 5.55. The molecule has 168 valence electrons. The van der Waals surface area contributed by atoms with Gasteiger partial charge in [0.2, 0.25) is 0 Å². The molecular formula is C23H27FN6O2. The van der Waals surface area contributed by atoms with Crippen LogP contribution in [0.15, 0.2) is 36.7 Å². The second kappa shape index (κ2) is 8.64. The van der Waals surface area contributed by atoms with Crippen LogP contribution in [0.5, 0.6) is 5.75 Å². The quantitative estimate of drug-likeness (QED) is 0.629. The third kappa shape index (κ3) is 3.83. The van der Waals surface area contributed by atoms with E-state index in [0.717, 1.165) is 42.0 Å². The number of hydrogen-bond acceptors (Lipinski definition) is 5. The summed E-state index contributed by atoms with van der Waals surface area (Å²) in [5.41, 5.74) is 2.46. The number of fused-ring (bicyclic) bond motifs is 5. The van der Waals surface area contributed by atoms with Gasteiger partial charge in [-0.25, -0.2) is 18.7 Å². The molecule has 0 aliphatic carbocycles. The van der Waals surface area contributed by atoms with E-state index in [-0.39, 0.29) is 17.9 Å². The van der Waals surface area contributed by atoms with Gasteiger partial charge in [-0.1, -0.05) is 0 Å². The van der Waals surface area contributed by atoms with E-state index < -0.39 is 0 Å². The summed E-state index contributed by atoms with van der Waals surface area (Å²) in [6, 6.07) is 6.53. The lowest BCUT2D eigenvalue weighted by Crippen LogP contribution is -2.40. The van der Waals surface area contributed by atoms with E-state index in [9.17, 15) is 9.18 Å². The molecule has 1 aromatic carbocycles. The average Bonchev–Trinajstić information content (AvgIpc) is 3.43. The highest BCUT2D eigenvalue weighted by Crippen LogP contribution is 2.40. The maximum atomic E-state index is 14.2. The fraction of sp³-hybridized carbons (Fsp3) is 0.435. The van der Waals surface area contributed by atoms with Crippen molar-refractivity contribution in [1.29, 1.82) is 0 Å². The summed E-state index contributed by atoms with van der Waals surface area (Å²) in [5, 5.41) is 7.31. The molecule has 2 aromatic heterocycles. The number of urea groups is 1. The van der Waals surface area contributed by atoms with E-state index >= 15 is 0 Å². The molecule has 2 amide bonds. The lowest BCUT2D eigenvalue weighted by Gasteiger charge is -2.28. The number of ether oxygens (including phenoxy) is 1. The first-order chi connectivity index (χ1) is 15.6. The molecule has 8 nitrogen and oxygen atoms in total. The number of rotatable bonds is 1. The van der Waals surface area contributed by atoms with Gasteiger partial charge in [0.25, 0.3) is 0 Å². The zero-order chi connectivity index (χ0) is 22.1. The first-order valence-electron chi connectivity index (χ1n) is 11.2. The minimum atomic E-state index is -0.274. The van der Waals surface area contributed by atoms with Crippen molar-refractivity contribution in [3.63, 3.8) is 0 Å². The van der Waals surface area contributed by atoms with Gasteiger partial charge >= 0.3 is 6.03 Å². The minimum absolute atomic E-state index is 0.00297. The summed E-state index contributed by atoms with van der Waals surface area (Å²) >= 11 is 0. The van der Waals surface area contributed by atoms with Gasteiger partial charge in [0.1, 0.15) is 17.4 Å². The molecule has 1 unspecified atom stereocenters. The smallest absolute Gasteiger partial charge is 0.317 e. The van der Waals surface area contributed by atoms with E-state index in [2.05, 4.69) is 15.3 Å². The van der Waals surface area contributed by atoms with Crippen LogP contribution in [-0.2, 0) is 6.54 Å². The van der Waals surface area contributed by atoms with E-state index in [1.54, 1.807) is 27.7 Å². The summed E-state index contributed by atoms with van der Waals surface area (Å²) in [7, 11) is 0. The van der Waals surface area contributed by atoms with E-state index in [1.807, 2.05) is 19.2 Å². The van der Waals surface area contributed by atoms with E-state index in [1.165, 1.54) is 6.07 Å². The zero-order valence-corrected chi connectivity index (χ0v) is 18.1. The SMILES string of the molecule is CCNC(=O)N1CCCOc2ccc(F)cc2C2CCCN2c2ccn3ncc(c3n2)C1. The lowest BCUT2D eigenvalue weighted by molar-refractivity contribution is 0.189. The highest BCUT2D eigenvalue weighted by atomic mass is 19.1. The van der Waals surface area contributed by atoms with Gasteiger partial charge in [0, 0.05) is 37.0 Å².